The minimum Gasteiger partial charge on any atom is -0.472 e. The first-order chi connectivity index (χ1) is 9.33. The molecule has 0 radical (unpaired) electrons. The van der Waals surface area contributed by atoms with Gasteiger partial charge in [0.25, 0.3) is 5.91 Å². The monoisotopic (exact) mass is 258 g/mol. The van der Waals surface area contributed by atoms with Gasteiger partial charge in [0, 0.05) is 25.2 Å². The summed E-state index contributed by atoms with van der Waals surface area (Å²) in [4.78, 5) is 17.9. The zero-order chi connectivity index (χ0) is 13.1. The van der Waals surface area contributed by atoms with Crippen LogP contribution in [0.15, 0.2) is 47.2 Å². The zero-order valence-electron chi connectivity index (χ0n) is 10.4. The van der Waals surface area contributed by atoms with Gasteiger partial charge in [0.2, 0.25) is 5.88 Å². The number of hydrogen-bond donors (Lipinski definition) is 0. The van der Waals surface area contributed by atoms with Gasteiger partial charge in [0.1, 0.15) is 6.10 Å². The number of carbonyl (C=O) groups excluding carboxylic acids is 1. The number of likely N-dealkylation sites (tertiary alicyclic amines) is 1. The molecule has 0 saturated carbocycles. The number of hydrogen-bond acceptors (Lipinski definition) is 4. The van der Waals surface area contributed by atoms with Crippen LogP contribution in [0.2, 0.25) is 0 Å². The lowest BCUT2D eigenvalue weighted by Gasteiger charge is -2.15. The van der Waals surface area contributed by atoms with E-state index in [2.05, 4.69) is 4.98 Å². The molecule has 2 aromatic rings. The molecule has 1 aliphatic rings. The maximum Gasteiger partial charge on any atom is 0.289 e. The Morgan fingerprint density at radius 3 is 3.05 bits per heavy atom. The van der Waals surface area contributed by atoms with E-state index in [4.69, 9.17) is 9.15 Å². The molecule has 5 nitrogen and oxygen atoms in total. The predicted octanol–water partition coefficient (Wildman–Crippen LogP) is 1.97. The summed E-state index contributed by atoms with van der Waals surface area (Å²) in [5.74, 6) is 0.885. The number of amides is 1. The first-order valence-electron chi connectivity index (χ1n) is 6.23. The lowest BCUT2D eigenvalue weighted by Crippen LogP contribution is -2.30. The Hall–Kier alpha value is -2.30. The number of rotatable bonds is 3. The van der Waals surface area contributed by atoms with Gasteiger partial charge in [0.15, 0.2) is 5.76 Å². The summed E-state index contributed by atoms with van der Waals surface area (Å²) >= 11 is 0. The largest absolute Gasteiger partial charge is 0.472 e. The topological polar surface area (TPSA) is 55.6 Å². The minimum atomic E-state index is -0.0860. The third-order valence-electron chi connectivity index (χ3n) is 3.09. The molecular weight excluding hydrogens is 244 g/mol. The lowest BCUT2D eigenvalue weighted by atomic mass is 10.3. The summed E-state index contributed by atoms with van der Waals surface area (Å²) in [6, 6.07) is 8.93. The fraction of sp³-hybridized carbons (Fsp3) is 0.286. The molecule has 3 rings (SSSR count). The van der Waals surface area contributed by atoms with Crippen LogP contribution in [0, 0.1) is 0 Å². The summed E-state index contributed by atoms with van der Waals surface area (Å²) in [6.07, 6.45) is 4.00. The molecule has 5 heteroatoms. The van der Waals surface area contributed by atoms with Gasteiger partial charge < -0.3 is 14.1 Å². The summed E-state index contributed by atoms with van der Waals surface area (Å²) in [7, 11) is 0. The van der Waals surface area contributed by atoms with Crippen LogP contribution in [0.1, 0.15) is 17.0 Å². The average Bonchev–Trinajstić information content (AvgIpc) is 3.10. The third-order valence-corrected chi connectivity index (χ3v) is 3.09. The number of carbonyl (C=O) groups is 1. The quantitative estimate of drug-likeness (QED) is 0.844. The van der Waals surface area contributed by atoms with Crippen LogP contribution in [0.25, 0.3) is 0 Å². The first-order valence-corrected chi connectivity index (χ1v) is 6.23. The normalized spacial score (nSPS) is 18.5. The highest BCUT2D eigenvalue weighted by molar-refractivity contribution is 5.91. The highest BCUT2D eigenvalue weighted by Gasteiger charge is 2.29. The molecule has 2 aromatic heterocycles. The van der Waals surface area contributed by atoms with E-state index in [1.165, 1.54) is 6.26 Å². The Bertz CT molecular complexity index is 539. The second-order valence-corrected chi connectivity index (χ2v) is 4.42. The van der Waals surface area contributed by atoms with E-state index in [1.807, 2.05) is 18.2 Å². The van der Waals surface area contributed by atoms with E-state index in [-0.39, 0.29) is 12.0 Å². The lowest BCUT2D eigenvalue weighted by molar-refractivity contribution is 0.0740. The average molecular weight is 258 g/mol. The second kappa shape index (κ2) is 5.14. The Labute approximate surface area is 110 Å². The van der Waals surface area contributed by atoms with Crippen LogP contribution in [0.4, 0.5) is 0 Å². The molecule has 1 fully saturated rings. The van der Waals surface area contributed by atoms with Crippen molar-refractivity contribution in [3.63, 3.8) is 0 Å². The fourth-order valence-electron chi connectivity index (χ4n) is 2.15. The van der Waals surface area contributed by atoms with Gasteiger partial charge in [0.05, 0.1) is 12.8 Å². The van der Waals surface area contributed by atoms with Crippen LogP contribution in [-0.2, 0) is 0 Å². The van der Waals surface area contributed by atoms with Gasteiger partial charge in [-0.2, -0.15) is 0 Å². The van der Waals surface area contributed by atoms with E-state index in [0.717, 1.165) is 6.42 Å². The molecule has 19 heavy (non-hydrogen) atoms. The summed E-state index contributed by atoms with van der Waals surface area (Å²) in [5, 5.41) is 0. The molecule has 0 aliphatic carbocycles. The van der Waals surface area contributed by atoms with Crippen molar-refractivity contribution in [3.05, 3.63) is 48.6 Å². The van der Waals surface area contributed by atoms with Gasteiger partial charge >= 0.3 is 0 Å². The van der Waals surface area contributed by atoms with Gasteiger partial charge in [-0.1, -0.05) is 6.07 Å². The van der Waals surface area contributed by atoms with Crippen LogP contribution >= 0.6 is 0 Å². The molecule has 3 heterocycles. The maximum atomic E-state index is 12.1. The van der Waals surface area contributed by atoms with Gasteiger partial charge in [-0.3, -0.25) is 4.79 Å². The smallest absolute Gasteiger partial charge is 0.289 e. The van der Waals surface area contributed by atoms with Crippen LogP contribution in [-0.4, -0.2) is 35.0 Å². The first kappa shape index (κ1) is 11.8. The van der Waals surface area contributed by atoms with Gasteiger partial charge in [-0.25, -0.2) is 4.98 Å². The number of nitrogens with zero attached hydrogens (tertiary/aromatic N) is 2. The number of pyridine rings is 1. The highest BCUT2D eigenvalue weighted by Crippen LogP contribution is 2.18. The van der Waals surface area contributed by atoms with Crippen molar-refractivity contribution in [1.29, 1.82) is 0 Å². The SMILES string of the molecule is O=C(c1ccco1)N1CCC(Oc2ccccn2)C1. The summed E-state index contributed by atoms with van der Waals surface area (Å²) in [6.45, 7) is 1.24. The maximum absolute atomic E-state index is 12.1. The molecule has 98 valence electrons. The Kier molecular flexibility index (Phi) is 3.18. The van der Waals surface area contributed by atoms with Crippen molar-refractivity contribution >= 4 is 5.91 Å². The molecule has 0 aromatic carbocycles. The molecule has 1 aliphatic heterocycles. The minimum absolute atomic E-state index is 0.00573. The molecule has 0 spiro atoms. The van der Waals surface area contributed by atoms with E-state index >= 15 is 0 Å². The van der Waals surface area contributed by atoms with Crippen molar-refractivity contribution in [2.45, 2.75) is 12.5 Å². The van der Waals surface area contributed by atoms with Crippen LogP contribution in [0.3, 0.4) is 0 Å². The Balaban J connectivity index is 1.60. The molecule has 0 bridgehead atoms. The zero-order valence-corrected chi connectivity index (χ0v) is 10.4. The third kappa shape index (κ3) is 2.59. The van der Waals surface area contributed by atoms with Crippen LogP contribution in [0.5, 0.6) is 5.88 Å². The van der Waals surface area contributed by atoms with Gasteiger partial charge in [-0.15, -0.1) is 0 Å². The Morgan fingerprint density at radius 2 is 2.32 bits per heavy atom. The molecule has 1 unspecified atom stereocenters. The number of furan rings is 1. The van der Waals surface area contributed by atoms with E-state index in [0.29, 0.717) is 24.7 Å². The summed E-state index contributed by atoms with van der Waals surface area (Å²) in [5.41, 5.74) is 0. The van der Waals surface area contributed by atoms with Crippen LogP contribution < -0.4 is 4.74 Å². The van der Waals surface area contributed by atoms with E-state index in [9.17, 15) is 4.79 Å². The second-order valence-electron chi connectivity index (χ2n) is 4.42. The molecule has 1 amide bonds. The predicted molar refractivity (Wildman–Crippen MR) is 67.9 cm³/mol. The summed E-state index contributed by atoms with van der Waals surface area (Å²) < 4.78 is 10.9. The van der Waals surface area contributed by atoms with E-state index in [1.54, 1.807) is 23.2 Å². The number of aromatic nitrogens is 1. The fourth-order valence-corrected chi connectivity index (χ4v) is 2.15. The standard InChI is InChI=1S/C14H14N2O3/c17-14(12-4-3-9-18-12)16-8-6-11(10-16)19-13-5-1-2-7-15-13/h1-5,7,9,11H,6,8,10H2. The van der Waals surface area contributed by atoms with Crippen molar-refractivity contribution in [2.24, 2.45) is 0 Å². The molecular formula is C14H14N2O3. The number of ether oxygens (including phenoxy) is 1. The molecule has 1 atom stereocenters. The Morgan fingerprint density at radius 1 is 1.37 bits per heavy atom. The van der Waals surface area contributed by atoms with E-state index < -0.39 is 0 Å². The van der Waals surface area contributed by atoms with Crippen molar-refractivity contribution in [3.8, 4) is 5.88 Å². The molecule has 1 saturated heterocycles. The van der Waals surface area contributed by atoms with Gasteiger partial charge in [-0.05, 0) is 18.2 Å². The van der Waals surface area contributed by atoms with Crippen molar-refractivity contribution in [1.82, 2.24) is 9.88 Å². The van der Waals surface area contributed by atoms with Crippen molar-refractivity contribution in [2.75, 3.05) is 13.1 Å². The van der Waals surface area contributed by atoms with Crippen molar-refractivity contribution < 1.29 is 13.9 Å². The highest BCUT2D eigenvalue weighted by atomic mass is 16.5. The molecule has 0 N–H and O–H groups in total.